The lowest BCUT2D eigenvalue weighted by Gasteiger charge is -2.38. The molecule has 3 rings (SSSR count). The van der Waals surface area contributed by atoms with Crippen molar-refractivity contribution in [3.63, 3.8) is 0 Å². The molecule has 1 heterocycles. The molecular weight excluding hydrogens is 427 g/mol. The van der Waals surface area contributed by atoms with Crippen LogP contribution in [0.3, 0.4) is 0 Å². The number of amidine groups is 1. The zero-order valence-corrected chi connectivity index (χ0v) is 20.1. The Morgan fingerprint density at radius 3 is 2.62 bits per heavy atom. The third kappa shape index (κ3) is 7.04. The van der Waals surface area contributed by atoms with Crippen molar-refractivity contribution < 1.29 is 14.0 Å². The minimum absolute atomic E-state index is 0.0796. The summed E-state index contributed by atoms with van der Waals surface area (Å²) in [6.45, 7) is 5.06. The summed E-state index contributed by atoms with van der Waals surface area (Å²) in [7, 11) is 2.17. The summed E-state index contributed by atoms with van der Waals surface area (Å²) in [6.07, 6.45) is 6.60. The molecule has 6 nitrogen and oxygen atoms in total. The first-order valence-electron chi connectivity index (χ1n) is 11.6. The Hall–Kier alpha value is -1.93. The number of aryl methyl sites for hydroxylation is 1. The summed E-state index contributed by atoms with van der Waals surface area (Å²) >= 11 is 1.33. The van der Waals surface area contributed by atoms with Crippen LogP contribution in [0.5, 0.6) is 0 Å². The maximum atomic E-state index is 13.1. The first-order chi connectivity index (χ1) is 15.3. The van der Waals surface area contributed by atoms with Crippen LogP contribution in [-0.4, -0.2) is 59.4 Å². The number of hydrogen-bond donors (Lipinski definition) is 2. The van der Waals surface area contributed by atoms with Crippen molar-refractivity contribution in [2.45, 2.75) is 69.7 Å². The number of carbonyl (C=O) groups excluding carboxylic acids is 2. The normalized spacial score (nSPS) is 25.5. The second-order valence-electron chi connectivity index (χ2n) is 8.98. The van der Waals surface area contributed by atoms with Crippen LogP contribution in [0.25, 0.3) is 0 Å². The molecule has 1 aliphatic heterocycles. The lowest BCUT2D eigenvalue weighted by atomic mass is 9.83. The number of aliphatic imine (C=N–C) groups is 1. The minimum atomic E-state index is -0.254. The molecule has 2 unspecified atom stereocenters. The summed E-state index contributed by atoms with van der Waals surface area (Å²) in [5, 5.41) is 6.13. The summed E-state index contributed by atoms with van der Waals surface area (Å²) in [5.41, 5.74) is 1.16. The monoisotopic (exact) mass is 462 g/mol. The fourth-order valence-corrected chi connectivity index (χ4v) is 5.75. The van der Waals surface area contributed by atoms with Crippen LogP contribution in [0.1, 0.15) is 51.5 Å². The predicted octanol–water partition coefficient (Wildman–Crippen LogP) is 4.00. The number of benzene rings is 1. The molecule has 1 aliphatic carbocycles. The molecule has 0 aromatic heterocycles. The lowest BCUT2D eigenvalue weighted by molar-refractivity contribution is -0.116. The number of Topliss-reactive ketones (excluding diaryl/α,β-unsaturated/α-hetero) is 1. The average molecular weight is 463 g/mol. The Balaban J connectivity index is 1.43. The summed E-state index contributed by atoms with van der Waals surface area (Å²) in [5.74, 6) is 0.294. The highest BCUT2D eigenvalue weighted by atomic mass is 32.2. The zero-order chi connectivity index (χ0) is 23.1. The molecular formula is C24H35FN4O2S. The standard InChI is InChI=1S/C24H35FN4O2S/c1-16-22(17(2)30)32-24(27-16)28-23(31)26-15-19-8-4-5-9-21(19)29(3)14-6-7-18-10-12-20(25)13-11-18/h10-13,16,19,21-22H,4-9,14-15H2,1-3H3,(H2,26,27,28,31)/t16?,19-,21+,22?/m0/s1. The number of carbonyl (C=O) groups is 2. The molecule has 1 aromatic rings. The highest BCUT2D eigenvalue weighted by molar-refractivity contribution is 8.15. The van der Waals surface area contributed by atoms with Gasteiger partial charge in [0.15, 0.2) is 5.17 Å². The molecule has 2 amide bonds. The van der Waals surface area contributed by atoms with Gasteiger partial charge in [-0.25, -0.2) is 9.18 Å². The van der Waals surface area contributed by atoms with E-state index in [9.17, 15) is 14.0 Å². The molecule has 4 atom stereocenters. The van der Waals surface area contributed by atoms with Gasteiger partial charge in [0.1, 0.15) is 11.6 Å². The Kier molecular flexibility index (Phi) is 9.11. The first-order valence-corrected chi connectivity index (χ1v) is 12.5. The van der Waals surface area contributed by atoms with E-state index in [2.05, 4.69) is 27.6 Å². The second-order valence-corrected chi connectivity index (χ2v) is 10.1. The van der Waals surface area contributed by atoms with Crippen LogP contribution in [0.15, 0.2) is 29.3 Å². The van der Waals surface area contributed by atoms with E-state index in [0.29, 0.717) is 23.7 Å². The largest absolute Gasteiger partial charge is 0.337 e. The maximum absolute atomic E-state index is 13.1. The van der Waals surface area contributed by atoms with Gasteiger partial charge in [-0.1, -0.05) is 36.7 Å². The Morgan fingerprint density at radius 2 is 1.94 bits per heavy atom. The number of amides is 2. The Morgan fingerprint density at radius 1 is 1.22 bits per heavy atom. The first kappa shape index (κ1) is 24.7. The Bertz CT molecular complexity index is 817. The van der Waals surface area contributed by atoms with E-state index < -0.39 is 0 Å². The van der Waals surface area contributed by atoms with Gasteiger partial charge in [-0.2, -0.15) is 0 Å². The molecule has 32 heavy (non-hydrogen) atoms. The molecule has 1 fully saturated rings. The number of nitrogens with one attached hydrogen (secondary N) is 2. The van der Waals surface area contributed by atoms with Crippen molar-refractivity contribution in [2.75, 3.05) is 20.1 Å². The highest BCUT2D eigenvalue weighted by Crippen LogP contribution is 2.28. The number of thioether (sulfide) groups is 1. The minimum Gasteiger partial charge on any atom is -0.337 e. The van der Waals surface area contributed by atoms with Gasteiger partial charge in [0.25, 0.3) is 0 Å². The van der Waals surface area contributed by atoms with E-state index in [-0.39, 0.29) is 28.9 Å². The van der Waals surface area contributed by atoms with Crippen LogP contribution in [-0.2, 0) is 11.2 Å². The van der Waals surface area contributed by atoms with E-state index in [0.717, 1.165) is 37.8 Å². The molecule has 176 valence electrons. The van der Waals surface area contributed by atoms with E-state index in [1.165, 1.54) is 36.7 Å². The second kappa shape index (κ2) is 11.8. The van der Waals surface area contributed by atoms with E-state index >= 15 is 0 Å². The average Bonchev–Trinajstić information content (AvgIpc) is 3.14. The van der Waals surface area contributed by atoms with Gasteiger partial charge in [-0.05, 0) is 76.7 Å². The quantitative estimate of drug-likeness (QED) is 0.613. The van der Waals surface area contributed by atoms with Gasteiger partial charge >= 0.3 is 6.03 Å². The highest BCUT2D eigenvalue weighted by Gasteiger charge is 2.32. The summed E-state index contributed by atoms with van der Waals surface area (Å²) in [4.78, 5) is 30.9. The fourth-order valence-electron chi connectivity index (χ4n) is 4.71. The third-order valence-electron chi connectivity index (χ3n) is 6.47. The van der Waals surface area contributed by atoms with Gasteiger partial charge in [-0.15, -0.1) is 0 Å². The number of nitrogens with zero attached hydrogens (tertiary/aromatic N) is 2. The van der Waals surface area contributed by atoms with E-state index in [4.69, 9.17) is 0 Å². The summed E-state index contributed by atoms with van der Waals surface area (Å²) in [6, 6.07) is 6.82. The van der Waals surface area contributed by atoms with Gasteiger partial charge in [-0.3, -0.25) is 15.1 Å². The molecule has 1 aromatic carbocycles. The van der Waals surface area contributed by atoms with Crippen LogP contribution in [0.4, 0.5) is 9.18 Å². The van der Waals surface area contributed by atoms with Crippen LogP contribution in [0, 0.1) is 11.7 Å². The van der Waals surface area contributed by atoms with Crippen molar-refractivity contribution in [1.82, 2.24) is 15.5 Å². The lowest BCUT2D eigenvalue weighted by Crippen LogP contribution is -2.47. The molecule has 0 radical (unpaired) electrons. The van der Waals surface area contributed by atoms with Crippen molar-refractivity contribution in [3.05, 3.63) is 35.6 Å². The van der Waals surface area contributed by atoms with E-state index in [1.54, 1.807) is 6.92 Å². The van der Waals surface area contributed by atoms with Gasteiger partial charge in [0.05, 0.1) is 11.3 Å². The topological polar surface area (TPSA) is 73.8 Å². The molecule has 0 spiro atoms. The molecule has 2 aliphatic rings. The molecule has 8 heteroatoms. The SMILES string of the molecule is CC(=O)C1SC(NC(=O)NC[C@@H]2CCCC[C@H]2N(C)CCCc2ccc(F)cc2)=NC1C. The van der Waals surface area contributed by atoms with Crippen LogP contribution in [0.2, 0.25) is 0 Å². The zero-order valence-electron chi connectivity index (χ0n) is 19.3. The maximum Gasteiger partial charge on any atom is 0.320 e. The number of urea groups is 1. The molecule has 2 N–H and O–H groups in total. The van der Waals surface area contributed by atoms with Gasteiger partial charge in [0, 0.05) is 12.6 Å². The van der Waals surface area contributed by atoms with Gasteiger partial charge in [0.2, 0.25) is 0 Å². The smallest absolute Gasteiger partial charge is 0.320 e. The number of halogens is 1. The number of rotatable bonds is 8. The predicted molar refractivity (Wildman–Crippen MR) is 129 cm³/mol. The number of hydrogen-bond acceptors (Lipinski definition) is 5. The van der Waals surface area contributed by atoms with Crippen LogP contribution < -0.4 is 10.6 Å². The number of ketones is 1. The van der Waals surface area contributed by atoms with Crippen molar-refractivity contribution >= 4 is 28.7 Å². The fraction of sp³-hybridized carbons (Fsp3) is 0.625. The van der Waals surface area contributed by atoms with E-state index in [1.807, 2.05) is 19.1 Å². The molecule has 0 saturated heterocycles. The molecule has 0 bridgehead atoms. The van der Waals surface area contributed by atoms with Crippen molar-refractivity contribution in [2.24, 2.45) is 10.9 Å². The molecule has 1 saturated carbocycles. The van der Waals surface area contributed by atoms with Crippen molar-refractivity contribution in [1.29, 1.82) is 0 Å². The van der Waals surface area contributed by atoms with Gasteiger partial charge < -0.3 is 10.2 Å². The third-order valence-corrected chi connectivity index (χ3v) is 7.88. The van der Waals surface area contributed by atoms with Crippen molar-refractivity contribution in [3.8, 4) is 0 Å². The van der Waals surface area contributed by atoms with Crippen LogP contribution >= 0.6 is 11.8 Å². The summed E-state index contributed by atoms with van der Waals surface area (Å²) < 4.78 is 13.1. The Labute approximate surface area is 194 Å².